The van der Waals surface area contributed by atoms with Crippen LogP contribution in [0.5, 0.6) is 0 Å². The van der Waals surface area contributed by atoms with Gasteiger partial charge < -0.3 is 0 Å². The summed E-state index contributed by atoms with van der Waals surface area (Å²) >= 11 is -0.0445. The van der Waals surface area contributed by atoms with Gasteiger partial charge in [-0.1, -0.05) is 0 Å². The molecule has 0 radical (unpaired) electrons. The molecule has 2 aliphatic heterocycles. The van der Waals surface area contributed by atoms with Gasteiger partial charge >= 0.3 is 134 Å². The number of rotatable bonds is 4. The van der Waals surface area contributed by atoms with Crippen molar-refractivity contribution in [2.75, 3.05) is 64.9 Å². The van der Waals surface area contributed by atoms with Crippen LogP contribution in [-0.4, -0.2) is 114 Å². The Morgan fingerprint density at radius 2 is 0.905 bits per heavy atom. The molecule has 120 valence electrons. The summed E-state index contributed by atoms with van der Waals surface area (Å²) in [5.41, 5.74) is 0. The van der Waals surface area contributed by atoms with Gasteiger partial charge in [0.05, 0.1) is 0 Å². The van der Waals surface area contributed by atoms with E-state index in [1.165, 1.54) is 21.1 Å². The Balaban J connectivity index is 1.76. The number of hydrogen-bond donors (Lipinski definition) is 0. The van der Waals surface area contributed by atoms with Gasteiger partial charge in [0.1, 0.15) is 0 Å². The molecule has 0 amide bonds. The Morgan fingerprint density at radius 1 is 0.619 bits per heavy atom. The van der Waals surface area contributed by atoms with E-state index in [2.05, 4.69) is 7.77 Å². The topological polar surface area (TPSA) is 81.2 Å². The zero-order valence-electron chi connectivity index (χ0n) is 12.5. The molecule has 2 fully saturated rings. The van der Waals surface area contributed by atoms with Gasteiger partial charge in [0.15, 0.2) is 0 Å². The standard InChI is InChI=1S/2C5H11N2O2S.Al/c2*1-10(8,9)7-4-2-6-3-5-7;/h2*2-5H2,1H3;/q2*-1;+3. The first-order valence-corrected chi connectivity index (χ1v) is 11.6. The average Bonchev–Trinajstić information content (AvgIpc) is 2.38. The molecule has 11 heteroatoms. The fourth-order valence-corrected chi connectivity index (χ4v) is 5.57. The second-order valence-electron chi connectivity index (χ2n) is 5.51. The quantitative estimate of drug-likeness (QED) is 0.528. The summed E-state index contributed by atoms with van der Waals surface area (Å²) in [7, 11) is -6.15. The van der Waals surface area contributed by atoms with Crippen molar-refractivity contribution in [2.24, 2.45) is 0 Å². The van der Waals surface area contributed by atoms with Gasteiger partial charge in [-0.15, -0.1) is 0 Å². The van der Waals surface area contributed by atoms with Crippen LogP contribution in [-0.2, 0) is 20.0 Å². The molecule has 2 aliphatic rings. The van der Waals surface area contributed by atoms with Gasteiger partial charge in [0.2, 0.25) is 0 Å². The number of hydrogen-bond acceptors (Lipinski definition) is 6. The summed E-state index contributed by atoms with van der Waals surface area (Å²) in [4.78, 5) is 0. The number of sulfonamides is 2. The van der Waals surface area contributed by atoms with Gasteiger partial charge in [0.25, 0.3) is 0 Å². The molecular formula is C10H22AlN4O4S2+. The van der Waals surface area contributed by atoms with Crippen LogP contribution in [0.2, 0.25) is 0 Å². The van der Waals surface area contributed by atoms with Gasteiger partial charge in [-0.05, 0) is 0 Å². The molecule has 21 heavy (non-hydrogen) atoms. The van der Waals surface area contributed by atoms with E-state index >= 15 is 0 Å². The summed E-state index contributed by atoms with van der Waals surface area (Å²) < 4.78 is 53.5. The predicted octanol–water partition coefficient (Wildman–Crippen LogP) is -2.32. The summed E-state index contributed by atoms with van der Waals surface area (Å²) in [6.07, 6.45) is 2.50. The Morgan fingerprint density at radius 3 is 1.14 bits per heavy atom. The molecule has 0 N–H and O–H groups in total. The molecule has 0 saturated carbocycles. The number of piperazine rings is 2. The fourth-order valence-electron chi connectivity index (χ4n) is 2.53. The molecule has 0 unspecified atom stereocenters. The first-order chi connectivity index (χ1) is 9.66. The van der Waals surface area contributed by atoms with E-state index < -0.39 is 20.0 Å². The van der Waals surface area contributed by atoms with Crippen molar-refractivity contribution in [1.29, 1.82) is 0 Å². The minimum atomic E-state index is -3.08. The van der Waals surface area contributed by atoms with Crippen LogP contribution in [0.3, 0.4) is 0 Å². The Hall–Kier alpha value is 0.272. The van der Waals surface area contributed by atoms with E-state index in [1.807, 2.05) is 0 Å². The van der Waals surface area contributed by atoms with E-state index in [1.54, 1.807) is 0 Å². The molecule has 0 aromatic heterocycles. The van der Waals surface area contributed by atoms with E-state index in [0.29, 0.717) is 26.2 Å². The van der Waals surface area contributed by atoms with E-state index in [0.717, 1.165) is 26.2 Å². The van der Waals surface area contributed by atoms with Crippen LogP contribution in [0.1, 0.15) is 0 Å². The molecule has 0 aliphatic carbocycles. The summed E-state index contributed by atoms with van der Waals surface area (Å²) in [6, 6.07) is 0. The van der Waals surface area contributed by atoms with Crippen LogP contribution in [0, 0.1) is 0 Å². The van der Waals surface area contributed by atoms with Crippen molar-refractivity contribution in [3.05, 3.63) is 0 Å². The van der Waals surface area contributed by atoms with E-state index in [9.17, 15) is 16.8 Å². The van der Waals surface area contributed by atoms with Crippen LogP contribution in [0.4, 0.5) is 0 Å². The summed E-state index contributed by atoms with van der Waals surface area (Å²) in [6.45, 7) is 5.24. The Kier molecular flexibility index (Phi) is 5.71. The summed E-state index contributed by atoms with van der Waals surface area (Å²) in [5.74, 6) is 0. The van der Waals surface area contributed by atoms with Crippen molar-refractivity contribution in [1.82, 2.24) is 16.4 Å². The van der Waals surface area contributed by atoms with Crippen molar-refractivity contribution in [3.63, 3.8) is 0 Å². The van der Waals surface area contributed by atoms with Crippen molar-refractivity contribution < 1.29 is 16.8 Å². The van der Waals surface area contributed by atoms with Crippen LogP contribution in [0.25, 0.3) is 0 Å². The number of nitrogens with zero attached hydrogens (tertiary/aromatic N) is 4. The van der Waals surface area contributed by atoms with Crippen molar-refractivity contribution >= 4 is 35.7 Å². The summed E-state index contributed by atoms with van der Waals surface area (Å²) in [5, 5.41) is 0. The van der Waals surface area contributed by atoms with Gasteiger partial charge in [-0.2, -0.15) is 0 Å². The zero-order chi connectivity index (χ0) is 15.7. The van der Waals surface area contributed by atoms with Crippen LogP contribution >= 0.6 is 0 Å². The fraction of sp³-hybridized carbons (Fsp3) is 1.00. The molecule has 0 aromatic rings. The SMILES string of the molecule is CS(=O)(=O)N1CC[N]([Al+][N]2CCN(S(C)(=O)=O)CC2)CC1. The molecule has 8 nitrogen and oxygen atoms in total. The maximum atomic E-state index is 11.5. The van der Waals surface area contributed by atoms with Gasteiger partial charge in [0, 0.05) is 0 Å². The second kappa shape index (κ2) is 6.80. The van der Waals surface area contributed by atoms with E-state index in [-0.39, 0.29) is 15.7 Å². The van der Waals surface area contributed by atoms with Crippen molar-refractivity contribution in [2.45, 2.75) is 0 Å². The zero-order valence-corrected chi connectivity index (χ0v) is 15.3. The first kappa shape index (κ1) is 17.6. The van der Waals surface area contributed by atoms with Gasteiger partial charge in [-0.25, -0.2) is 0 Å². The van der Waals surface area contributed by atoms with Gasteiger partial charge in [-0.3, -0.25) is 0 Å². The predicted molar refractivity (Wildman–Crippen MR) is 81.7 cm³/mol. The molecule has 0 bridgehead atoms. The maximum absolute atomic E-state index is 11.5. The normalized spacial score (nSPS) is 24.9. The third kappa shape index (κ3) is 5.14. The Bertz CT molecular complexity index is 502. The molecule has 2 heterocycles. The molecular weight excluding hydrogens is 331 g/mol. The second-order valence-corrected chi connectivity index (χ2v) is 11.2. The Labute approximate surface area is 133 Å². The minimum absolute atomic E-state index is 0.0445. The molecule has 2 rings (SSSR count). The average molecular weight is 353 g/mol. The molecule has 2 saturated heterocycles. The third-order valence-electron chi connectivity index (χ3n) is 3.81. The van der Waals surface area contributed by atoms with Crippen molar-refractivity contribution in [3.8, 4) is 0 Å². The monoisotopic (exact) mass is 353 g/mol. The van der Waals surface area contributed by atoms with Crippen LogP contribution in [0.15, 0.2) is 0 Å². The van der Waals surface area contributed by atoms with Crippen LogP contribution < -0.4 is 0 Å². The molecule has 0 atom stereocenters. The van der Waals surface area contributed by atoms with E-state index in [4.69, 9.17) is 0 Å². The first-order valence-electron chi connectivity index (χ1n) is 6.89. The molecule has 0 aromatic carbocycles. The molecule has 0 spiro atoms. The third-order valence-corrected chi connectivity index (χ3v) is 8.10.